The number of carbonyl (C=O) groups is 2. The number of pyridine rings is 1. The van der Waals surface area contributed by atoms with Crippen LogP contribution in [-0.2, 0) is 11.2 Å². The second-order valence-corrected chi connectivity index (χ2v) is 6.26. The highest BCUT2D eigenvalue weighted by atomic mass is 16.4. The predicted octanol–water partition coefficient (Wildman–Crippen LogP) is 2.86. The van der Waals surface area contributed by atoms with Crippen LogP contribution in [0.5, 0.6) is 0 Å². The van der Waals surface area contributed by atoms with Crippen LogP contribution >= 0.6 is 0 Å². The second-order valence-electron chi connectivity index (χ2n) is 6.26. The standard InChI is InChI=1S/C19H20N2O3/c1-13(22)21-8-7-15(12-21)9-14-5-6-18(20-11-14)16-3-2-4-17(10-16)19(23)24/h2-6,10-11,15H,7-9,12H2,1H3,(H,23,24). The summed E-state index contributed by atoms with van der Waals surface area (Å²) in [7, 11) is 0. The molecule has 0 aliphatic carbocycles. The van der Waals surface area contributed by atoms with E-state index in [1.54, 1.807) is 25.1 Å². The van der Waals surface area contributed by atoms with Crippen LogP contribution in [0.25, 0.3) is 11.3 Å². The summed E-state index contributed by atoms with van der Waals surface area (Å²) in [5.41, 5.74) is 2.96. The molecule has 1 amide bonds. The summed E-state index contributed by atoms with van der Waals surface area (Å²) in [5.74, 6) is -0.314. The molecule has 1 unspecified atom stereocenters. The quantitative estimate of drug-likeness (QED) is 0.939. The lowest BCUT2D eigenvalue weighted by Gasteiger charge is -2.14. The third-order valence-corrected chi connectivity index (χ3v) is 4.49. The smallest absolute Gasteiger partial charge is 0.335 e. The summed E-state index contributed by atoms with van der Waals surface area (Å²) < 4.78 is 0. The number of amides is 1. The summed E-state index contributed by atoms with van der Waals surface area (Å²) in [6.07, 6.45) is 3.79. The van der Waals surface area contributed by atoms with E-state index in [0.29, 0.717) is 5.92 Å². The number of hydrogen-bond acceptors (Lipinski definition) is 3. The first-order valence-electron chi connectivity index (χ1n) is 8.07. The molecule has 1 aromatic heterocycles. The van der Waals surface area contributed by atoms with Crippen LogP contribution in [0.1, 0.15) is 29.3 Å². The number of likely N-dealkylation sites (tertiary alicyclic amines) is 1. The molecule has 1 saturated heterocycles. The number of rotatable bonds is 4. The summed E-state index contributed by atoms with van der Waals surface area (Å²) in [6, 6.07) is 10.7. The van der Waals surface area contributed by atoms with Crippen molar-refractivity contribution in [2.24, 2.45) is 5.92 Å². The van der Waals surface area contributed by atoms with Gasteiger partial charge < -0.3 is 10.0 Å². The average molecular weight is 324 g/mol. The average Bonchev–Trinajstić information content (AvgIpc) is 3.04. The van der Waals surface area contributed by atoms with Gasteiger partial charge in [-0.2, -0.15) is 0 Å². The molecule has 0 spiro atoms. The van der Waals surface area contributed by atoms with Crippen LogP contribution in [0.15, 0.2) is 42.6 Å². The normalized spacial score (nSPS) is 17.0. The highest BCUT2D eigenvalue weighted by Gasteiger charge is 2.24. The van der Waals surface area contributed by atoms with Crippen molar-refractivity contribution in [3.8, 4) is 11.3 Å². The van der Waals surface area contributed by atoms with Gasteiger partial charge in [-0.15, -0.1) is 0 Å². The minimum absolute atomic E-state index is 0.143. The predicted molar refractivity (Wildman–Crippen MR) is 90.7 cm³/mol. The highest BCUT2D eigenvalue weighted by Crippen LogP contribution is 2.23. The second kappa shape index (κ2) is 6.83. The van der Waals surface area contributed by atoms with Crippen LogP contribution in [0.2, 0.25) is 0 Å². The van der Waals surface area contributed by atoms with Gasteiger partial charge in [0.1, 0.15) is 0 Å². The molecule has 5 nitrogen and oxygen atoms in total. The van der Waals surface area contributed by atoms with Gasteiger partial charge >= 0.3 is 5.97 Å². The van der Waals surface area contributed by atoms with Crippen molar-refractivity contribution >= 4 is 11.9 Å². The molecule has 0 saturated carbocycles. The molecule has 1 atom stereocenters. The maximum atomic E-state index is 11.4. The van der Waals surface area contributed by atoms with Crippen molar-refractivity contribution in [3.63, 3.8) is 0 Å². The van der Waals surface area contributed by atoms with E-state index in [0.717, 1.165) is 42.8 Å². The van der Waals surface area contributed by atoms with Crippen LogP contribution in [0, 0.1) is 5.92 Å². The Kier molecular flexibility index (Phi) is 4.60. The van der Waals surface area contributed by atoms with Crippen LogP contribution < -0.4 is 0 Å². The molecule has 5 heteroatoms. The minimum atomic E-state index is -0.940. The lowest BCUT2D eigenvalue weighted by Crippen LogP contribution is -2.26. The Balaban J connectivity index is 1.69. The van der Waals surface area contributed by atoms with Gasteiger partial charge in [0.15, 0.2) is 0 Å². The number of aromatic nitrogens is 1. The molecular weight excluding hydrogens is 304 g/mol. The van der Waals surface area contributed by atoms with Crippen molar-refractivity contribution in [1.82, 2.24) is 9.88 Å². The summed E-state index contributed by atoms with van der Waals surface area (Å²) >= 11 is 0. The molecule has 124 valence electrons. The fraction of sp³-hybridized carbons (Fsp3) is 0.316. The molecule has 2 aromatic rings. The summed E-state index contributed by atoms with van der Waals surface area (Å²) in [4.78, 5) is 28.8. The first-order chi connectivity index (χ1) is 11.5. The Morgan fingerprint density at radius 3 is 2.75 bits per heavy atom. The lowest BCUT2D eigenvalue weighted by molar-refractivity contribution is -0.127. The van der Waals surface area contributed by atoms with E-state index in [9.17, 15) is 9.59 Å². The largest absolute Gasteiger partial charge is 0.478 e. The molecule has 24 heavy (non-hydrogen) atoms. The molecule has 0 bridgehead atoms. The van der Waals surface area contributed by atoms with E-state index in [2.05, 4.69) is 4.98 Å². The van der Waals surface area contributed by atoms with E-state index in [-0.39, 0.29) is 11.5 Å². The zero-order valence-electron chi connectivity index (χ0n) is 13.6. The third kappa shape index (κ3) is 3.62. The number of carboxylic acids is 1. The van der Waals surface area contributed by atoms with Crippen molar-refractivity contribution < 1.29 is 14.7 Å². The monoisotopic (exact) mass is 324 g/mol. The molecule has 1 aromatic carbocycles. The van der Waals surface area contributed by atoms with Gasteiger partial charge in [0.2, 0.25) is 5.91 Å². The Labute approximate surface area is 140 Å². The molecule has 2 heterocycles. The van der Waals surface area contributed by atoms with Gasteiger partial charge in [-0.1, -0.05) is 18.2 Å². The molecule has 1 N–H and O–H groups in total. The van der Waals surface area contributed by atoms with Crippen LogP contribution in [0.4, 0.5) is 0 Å². The first kappa shape index (κ1) is 16.2. The molecule has 0 radical (unpaired) electrons. The van der Waals surface area contributed by atoms with E-state index >= 15 is 0 Å². The van der Waals surface area contributed by atoms with Gasteiger partial charge in [0.25, 0.3) is 0 Å². The van der Waals surface area contributed by atoms with Gasteiger partial charge in [0.05, 0.1) is 11.3 Å². The Bertz CT molecular complexity index is 755. The van der Waals surface area contributed by atoms with Crippen LogP contribution in [-0.4, -0.2) is 40.0 Å². The fourth-order valence-electron chi connectivity index (χ4n) is 3.15. The maximum absolute atomic E-state index is 11.4. The molecular formula is C19H20N2O3. The van der Waals surface area contributed by atoms with E-state index in [1.165, 1.54) is 0 Å². The number of nitrogens with zero attached hydrogens (tertiary/aromatic N) is 2. The topological polar surface area (TPSA) is 70.5 Å². The molecule has 1 aliphatic rings. The van der Waals surface area contributed by atoms with E-state index in [1.807, 2.05) is 29.3 Å². The molecule has 1 aliphatic heterocycles. The maximum Gasteiger partial charge on any atom is 0.335 e. The van der Waals surface area contributed by atoms with Crippen molar-refractivity contribution in [3.05, 3.63) is 53.7 Å². The van der Waals surface area contributed by atoms with Gasteiger partial charge in [-0.3, -0.25) is 9.78 Å². The number of carbonyl (C=O) groups excluding carboxylic acids is 1. The number of hydrogen-bond donors (Lipinski definition) is 1. The minimum Gasteiger partial charge on any atom is -0.478 e. The summed E-state index contributed by atoms with van der Waals surface area (Å²) in [5, 5.41) is 9.07. The van der Waals surface area contributed by atoms with Crippen molar-refractivity contribution in [1.29, 1.82) is 0 Å². The van der Waals surface area contributed by atoms with E-state index < -0.39 is 5.97 Å². The summed E-state index contributed by atoms with van der Waals surface area (Å²) in [6.45, 7) is 3.27. The van der Waals surface area contributed by atoms with Gasteiger partial charge in [0, 0.05) is 31.8 Å². The molecule has 3 rings (SSSR count). The number of carboxylic acid groups (broad SMARTS) is 1. The third-order valence-electron chi connectivity index (χ3n) is 4.49. The Morgan fingerprint density at radius 1 is 1.29 bits per heavy atom. The fourth-order valence-corrected chi connectivity index (χ4v) is 3.15. The van der Waals surface area contributed by atoms with Gasteiger partial charge in [-0.25, -0.2) is 4.79 Å². The van der Waals surface area contributed by atoms with E-state index in [4.69, 9.17) is 5.11 Å². The van der Waals surface area contributed by atoms with Crippen molar-refractivity contribution in [2.75, 3.05) is 13.1 Å². The zero-order valence-corrected chi connectivity index (χ0v) is 13.6. The van der Waals surface area contributed by atoms with Gasteiger partial charge in [-0.05, 0) is 42.5 Å². The number of benzene rings is 1. The zero-order chi connectivity index (χ0) is 17.1. The SMILES string of the molecule is CC(=O)N1CCC(Cc2ccc(-c3cccc(C(=O)O)c3)nc2)C1. The van der Waals surface area contributed by atoms with Crippen LogP contribution in [0.3, 0.4) is 0 Å². The first-order valence-corrected chi connectivity index (χ1v) is 8.07. The van der Waals surface area contributed by atoms with Crippen molar-refractivity contribution in [2.45, 2.75) is 19.8 Å². The Hall–Kier alpha value is -2.69. The molecule has 1 fully saturated rings. The lowest BCUT2D eigenvalue weighted by atomic mass is 9.99. The Morgan fingerprint density at radius 2 is 2.12 bits per heavy atom. The number of aromatic carboxylic acids is 1. The highest BCUT2D eigenvalue weighted by molar-refractivity contribution is 5.89.